The third kappa shape index (κ3) is 5.07. The van der Waals surface area contributed by atoms with E-state index in [9.17, 15) is 14.4 Å². The highest BCUT2D eigenvalue weighted by Crippen LogP contribution is 2.12. The zero-order valence-corrected chi connectivity index (χ0v) is 16.0. The van der Waals surface area contributed by atoms with Gasteiger partial charge >= 0.3 is 6.03 Å². The van der Waals surface area contributed by atoms with Crippen molar-refractivity contribution in [3.8, 4) is 0 Å². The Kier molecular flexibility index (Phi) is 6.45. The van der Waals surface area contributed by atoms with Crippen molar-refractivity contribution in [3.05, 3.63) is 35.9 Å². The van der Waals surface area contributed by atoms with Crippen LogP contribution in [0.5, 0.6) is 0 Å². The molecule has 1 aromatic carbocycles. The highest BCUT2D eigenvalue weighted by atomic mass is 16.2. The van der Waals surface area contributed by atoms with E-state index < -0.39 is 0 Å². The molecule has 0 spiro atoms. The first-order valence-electron chi connectivity index (χ1n) is 9.64. The number of imide groups is 1. The molecule has 0 unspecified atom stereocenters. The molecule has 0 N–H and O–H groups in total. The van der Waals surface area contributed by atoms with Gasteiger partial charge in [-0.3, -0.25) is 19.4 Å². The Hall–Kier alpha value is -2.41. The average Bonchev–Trinajstić information content (AvgIpc) is 2.83. The van der Waals surface area contributed by atoms with E-state index >= 15 is 0 Å². The molecule has 2 aliphatic heterocycles. The topological polar surface area (TPSA) is 64.2 Å². The number of hydrogen-bond donors (Lipinski definition) is 0. The molecule has 2 fully saturated rings. The predicted octanol–water partition coefficient (Wildman–Crippen LogP) is 1.40. The quantitative estimate of drug-likeness (QED) is 0.708. The van der Waals surface area contributed by atoms with Crippen molar-refractivity contribution >= 4 is 17.8 Å². The molecular weight excluding hydrogens is 344 g/mol. The fraction of sp³-hybridized carbons (Fsp3) is 0.550. The molecule has 2 saturated heterocycles. The second kappa shape index (κ2) is 8.99. The molecule has 7 nitrogen and oxygen atoms in total. The van der Waals surface area contributed by atoms with Crippen LogP contribution < -0.4 is 0 Å². The first-order valence-corrected chi connectivity index (χ1v) is 9.64. The van der Waals surface area contributed by atoms with Gasteiger partial charge in [0.15, 0.2) is 0 Å². The smallest absolute Gasteiger partial charge is 0.326 e. The highest BCUT2D eigenvalue weighted by molar-refractivity contribution is 6.01. The minimum absolute atomic E-state index is 0.115. The van der Waals surface area contributed by atoms with E-state index in [1.54, 1.807) is 7.05 Å². The molecule has 0 aromatic heterocycles. The molecule has 2 aliphatic rings. The Bertz CT molecular complexity index is 679. The van der Waals surface area contributed by atoms with Gasteiger partial charge in [-0.15, -0.1) is 0 Å². The van der Waals surface area contributed by atoms with Crippen LogP contribution in [0.2, 0.25) is 0 Å². The summed E-state index contributed by atoms with van der Waals surface area (Å²) in [4.78, 5) is 43.1. The molecular formula is C20H28N4O3. The van der Waals surface area contributed by atoms with Gasteiger partial charge in [-0.25, -0.2) is 4.79 Å². The molecule has 1 aromatic rings. The van der Waals surface area contributed by atoms with Gasteiger partial charge in [-0.1, -0.05) is 30.3 Å². The summed E-state index contributed by atoms with van der Waals surface area (Å²) in [5, 5.41) is 0. The average molecular weight is 372 g/mol. The van der Waals surface area contributed by atoms with Gasteiger partial charge in [0.1, 0.15) is 6.54 Å². The SMILES string of the molecule is CN1CC(=O)N(CCCC(=O)N2CCCN(Cc3ccccc3)CC2)C1=O. The van der Waals surface area contributed by atoms with Crippen molar-refractivity contribution in [2.45, 2.75) is 25.8 Å². The predicted molar refractivity (Wildman–Crippen MR) is 102 cm³/mol. The summed E-state index contributed by atoms with van der Waals surface area (Å²) in [6, 6.07) is 10.1. The van der Waals surface area contributed by atoms with Crippen molar-refractivity contribution in [3.63, 3.8) is 0 Å². The second-order valence-electron chi connectivity index (χ2n) is 7.28. The van der Waals surface area contributed by atoms with E-state index in [2.05, 4.69) is 29.2 Å². The fourth-order valence-electron chi connectivity index (χ4n) is 3.66. The number of carbonyl (C=O) groups is 3. The van der Waals surface area contributed by atoms with Gasteiger partial charge in [0.05, 0.1) is 0 Å². The summed E-state index contributed by atoms with van der Waals surface area (Å²) in [6.45, 7) is 4.73. The Morgan fingerprint density at radius 3 is 2.52 bits per heavy atom. The monoisotopic (exact) mass is 372 g/mol. The number of benzene rings is 1. The maximum Gasteiger partial charge on any atom is 0.326 e. The third-order valence-electron chi connectivity index (χ3n) is 5.19. The van der Waals surface area contributed by atoms with Gasteiger partial charge in [0.2, 0.25) is 11.8 Å². The molecule has 3 rings (SSSR count). The molecule has 0 bridgehead atoms. The molecule has 0 radical (unpaired) electrons. The molecule has 0 saturated carbocycles. The summed E-state index contributed by atoms with van der Waals surface area (Å²) in [5.74, 6) is -0.0646. The van der Waals surface area contributed by atoms with E-state index in [0.29, 0.717) is 19.4 Å². The molecule has 27 heavy (non-hydrogen) atoms. The highest BCUT2D eigenvalue weighted by Gasteiger charge is 2.33. The van der Waals surface area contributed by atoms with Crippen LogP contribution in [0.3, 0.4) is 0 Å². The van der Waals surface area contributed by atoms with Gasteiger partial charge in [0, 0.05) is 52.7 Å². The Morgan fingerprint density at radius 2 is 1.81 bits per heavy atom. The first kappa shape index (κ1) is 19.4. The van der Waals surface area contributed by atoms with Crippen LogP contribution in [0, 0.1) is 0 Å². The van der Waals surface area contributed by atoms with E-state index in [0.717, 1.165) is 39.1 Å². The normalized spacial score (nSPS) is 18.9. The Labute approximate surface area is 160 Å². The molecule has 146 valence electrons. The summed E-state index contributed by atoms with van der Waals surface area (Å²) in [6.07, 6.45) is 1.86. The van der Waals surface area contributed by atoms with Crippen LogP contribution in [-0.4, -0.2) is 83.8 Å². The van der Waals surface area contributed by atoms with Gasteiger partial charge in [-0.2, -0.15) is 0 Å². The molecule has 0 atom stereocenters. The van der Waals surface area contributed by atoms with Crippen molar-refractivity contribution in [1.82, 2.24) is 19.6 Å². The van der Waals surface area contributed by atoms with Crippen LogP contribution in [0.4, 0.5) is 4.79 Å². The van der Waals surface area contributed by atoms with E-state index in [4.69, 9.17) is 0 Å². The lowest BCUT2D eigenvalue weighted by molar-refractivity contribution is -0.132. The van der Waals surface area contributed by atoms with Crippen LogP contribution in [0.25, 0.3) is 0 Å². The number of nitrogens with zero attached hydrogens (tertiary/aromatic N) is 4. The lowest BCUT2D eigenvalue weighted by Crippen LogP contribution is -2.36. The lowest BCUT2D eigenvalue weighted by Gasteiger charge is -2.22. The standard InChI is InChI=1S/C20H28N4O3/c1-21-16-19(26)24(20(21)27)12-5-9-18(25)23-11-6-10-22(13-14-23)15-17-7-3-2-4-8-17/h2-4,7-8H,5-6,9-16H2,1H3. The number of carbonyl (C=O) groups excluding carboxylic acids is 3. The van der Waals surface area contributed by atoms with Crippen LogP contribution in [0.1, 0.15) is 24.8 Å². The minimum Gasteiger partial charge on any atom is -0.341 e. The first-order chi connectivity index (χ1) is 13.0. The van der Waals surface area contributed by atoms with Crippen molar-refractivity contribution in [1.29, 1.82) is 0 Å². The maximum atomic E-state index is 12.5. The zero-order chi connectivity index (χ0) is 19.2. The summed E-state index contributed by atoms with van der Waals surface area (Å²) < 4.78 is 0. The number of hydrogen-bond acceptors (Lipinski definition) is 4. The van der Waals surface area contributed by atoms with E-state index in [1.807, 2.05) is 11.0 Å². The Balaban J connectivity index is 1.41. The van der Waals surface area contributed by atoms with E-state index in [1.165, 1.54) is 15.4 Å². The Morgan fingerprint density at radius 1 is 1.04 bits per heavy atom. The maximum absolute atomic E-state index is 12.5. The fourth-order valence-corrected chi connectivity index (χ4v) is 3.66. The van der Waals surface area contributed by atoms with E-state index in [-0.39, 0.29) is 24.4 Å². The van der Waals surface area contributed by atoms with Crippen molar-refractivity contribution in [2.75, 3.05) is 46.3 Å². The molecule has 2 heterocycles. The number of amides is 4. The second-order valence-corrected chi connectivity index (χ2v) is 7.28. The molecule has 7 heteroatoms. The van der Waals surface area contributed by atoms with Gasteiger partial charge < -0.3 is 9.80 Å². The molecule has 4 amide bonds. The van der Waals surface area contributed by atoms with Gasteiger partial charge in [-0.05, 0) is 18.4 Å². The third-order valence-corrected chi connectivity index (χ3v) is 5.19. The van der Waals surface area contributed by atoms with Crippen LogP contribution in [0.15, 0.2) is 30.3 Å². The number of urea groups is 1. The minimum atomic E-state index is -0.265. The van der Waals surface area contributed by atoms with Crippen molar-refractivity contribution < 1.29 is 14.4 Å². The zero-order valence-electron chi connectivity index (χ0n) is 16.0. The van der Waals surface area contributed by atoms with Gasteiger partial charge in [0.25, 0.3) is 0 Å². The lowest BCUT2D eigenvalue weighted by atomic mass is 10.2. The van der Waals surface area contributed by atoms with Crippen molar-refractivity contribution in [2.24, 2.45) is 0 Å². The number of likely N-dealkylation sites (N-methyl/N-ethyl adjacent to an activating group) is 1. The van der Waals surface area contributed by atoms with Crippen LogP contribution in [-0.2, 0) is 16.1 Å². The van der Waals surface area contributed by atoms with Crippen LogP contribution >= 0.6 is 0 Å². The summed E-state index contributed by atoms with van der Waals surface area (Å²) in [7, 11) is 1.61. The summed E-state index contributed by atoms with van der Waals surface area (Å²) in [5.41, 5.74) is 1.29. The summed E-state index contributed by atoms with van der Waals surface area (Å²) >= 11 is 0. The number of rotatable bonds is 6. The largest absolute Gasteiger partial charge is 0.341 e. The molecule has 0 aliphatic carbocycles.